The Labute approximate surface area is 191 Å². The number of amides is 1. The Kier molecular flexibility index (Phi) is 5.89. The molecular weight excluding hydrogens is 417 g/mol. The maximum absolute atomic E-state index is 13.0. The predicted octanol–water partition coefficient (Wildman–Crippen LogP) is 5.47. The molecule has 5 rings (SSSR count). The normalized spacial score (nSPS) is 15.0. The summed E-state index contributed by atoms with van der Waals surface area (Å²) in [5, 5.41) is 2.86. The topological polar surface area (TPSA) is 56.2 Å². The van der Waals surface area contributed by atoms with Crippen molar-refractivity contribution in [2.45, 2.75) is 31.8 Å². The zero-order valence-corrected chi connectivity index (χ0v) is 18.1. The third kappa shape index (κ3) is 4.95. The Hall–Kier alpha value is -3.93. The molecule has 0 aliphatic carbocycles. The number of nitrogens with zero attached hydrogens (tertiary/aromatic N) is 2. The molecule has 2 heterocycles. The van der Waals surface area contributed by atoms with Crippen LogP contribution in [0.1, 0.15) is 39.8 Å². The van der Waals surface area contributed by atoms with Gasteiger partial charge in [0.15, 0.2) is 0 Å². The number of para-hydroxylation sites is 1. The molecule has 0 spiro atoms. The summed E-state index contributed by atoms with van der Waals surface area (Å²) in [6.07, 6.45) is 3.62. The van der Waals surface area contributed by atoms with E-state index in [0.29, 0.717) is 18.2 Å². The van der Waals surface area contributed by atoms with Gasteiger partial charge in [-0.25, -0.2) is 9.37 Å². The van der Waals surface area contributed by atoms with Crippen molar-refractivity contribution in [3.8, 4) is 11.5 Å². The van der Waals surface area contributed by atoms with Crippen LogP contribution in [0.25, 0.3) is 0 Å². The number of hydrogen-bond acceptors (Lipinski definition) is 3. The number of carbonyl (C=O) groups excluding carboxylic acids is 1. The second kappa shape index (κ2) is 9.28. The van der Waals surface area contributed by atoms with Gasteiger partial charge in [-0.1, -0.05) is 42.5 Å². The first kappa shape index (κ1) is 20.9. The van der Waals surface area contributed by atoms with Gasteiger partial charge < -0.3 is 14.6 Å². The predicted molar refractivity (Wildman–Crippen MR) is 124 cm³/mol. The van der Waals surface area contributed by atoms with Gasteiger partial charge in [-0.3, -0.25) is 4.79 Å². The summed E-state index contributed by atoms with van der Waals surface area (Å²) in [6, 6.07) is 24.0. The molecule has 0 saturated carbocycles. The molecule has 1 aromatic heterocycles. The molecule has 166 valence electrons. The van der Waals surface area contributed by atoms with Crippen LogP contribution in [0.3, 0.4) is 0 Å². The van der Waals surface area contributed by atoms with Crippen molar-refractivity contribution in [3.05, 3.63) is 114 Å². The number of halogens is 1. The van der Waals surface area contributed by atoms with Crippen LogP contribution < -0.4 is 10.1 Å². The van der Waals surface area contributed by atoms with Crippen molar-refractivity contribution in [2.24, 2.45) is 0 Å². The standard InChI is InChI=1S/C27H24FN3O2/c28-22-11-6-19(7-12-22)16-29-27(32)25-18-31-17-21(10-15-26(31)30-25)20-8-13-24(14-9-20)33-23-4-2-1-3-5-23/h1-9,11-14,18,21H,10,15-17H2,(H,29,32)/t21-/m0/s1. The van der Waals surface area contributed by atoms with E-state index in [2.05, 4.69) is 27.0 Å². The Morgan fingerprint density at radius 3 is 2.48 bits per heavy atom. The van der Waals surface area contributed by atoms with Gasteiger partial charge in [0.1, 0.15) is 28.8 Å². The largest absolute Gasteiger partial charge is 0.457 e. The summed E-state index contributed by atoms with van der Waals surface area (Å²) < 4.78 is 21.0. The van der Waals surface area contributed by atoms with Crippen LogP contribution in [0.4, 0.5) is 4.39 Å². The molecule has 0 unspecified atom stereocenters. The van der Waals surface area contributed by atoms with Crippen LogP contribution in [-0.2, 0) is 19.5 Å². The average molecular weight is 442 g/mol. The summed E-state index contributed by atoms with van der Waals surface area (Å²) in [5.41, 5.74) is 2.50. The van der Waals surface area contributed by atoms with Crippen LogP contribution >= 0.6 is 0 Å². The number of imidazole rings is 1. The monoisotopic (exact) mass is 441 g/mol. The second-order valence-electron chi connectivity index (χ2n) is 8.22. The first-order valence-electron chi connectivity index (χ1n) is 11.1. The maximum Gasteiger partial charge on any atom is 0.271 e. The summed E-state index contributed by atoms with van der Waals surface area (Å²) in [7, 11) is 0. The highest BCUT2D eigenvalue weighted by Gasteiger charge is 2.23. The Morgan fingerprint density at radius 1 is 1.00 bits per heavy atom. The molecule has 4 aromatic rings. The minimum atomic E-state index is -0.292. The first-order chi connectivity index (χ1) is 16.1. The van der Waals surface area contributed by atoms with Crippen LogP contribution in [0, 0.1) is 5.82 Å². The van der Waals surface area contributed by atoms with Gasteiger partial charge in [-0.05, 0) is 53.9 Å². The number of hydrogen-bond donors (Lipinski definition) is 1. The molecule has 1 N–H and O–H groups in total. The Bertz CT molecular complexity index is 1230. The molecule has 1 amide bonds. The molecule has 3 aromatic carbocycles. The van der Waals surface area contributed by atoms with E-state index in [-0.39, 0.29) is 11.7 Å². The lowest BCUT2D eigenvalue weighted by Gasteiger charge is -2.24. The van der Waals surface area contributed by atoms with Gasteiger partial charge in [0.05, 0.1) is 0 Å². The third-order valence-corrected chi connectivity index (χ3v) is 5.92. The van der Waals surface area contributed by atoms with Gasteiger partial charge >= 0.3 is 0 Å². The molecular formula is C27H24FN3O2. The SMILES string of the molecule is O=C(NCc1ccc(F)cc1)c1cn2c(n1)CC[C@H](c1ccc(Oc3ccccc3)cc1)C2. The number of aryl methyl sites for hydroxylation is 1. The van der Waals surface area contributed by atoms with Crippen molar-refractivity contribution >= 4 is 5.91 Å². The molecule has 5 nitrogen and oxygen atoms in total. The second-order valence-corrected chi connectivity index (χ2v) is 8.22. The van der Waals surface area contributed by atoms with Crippen molar-refractivity contribution in [1.82, 2.24) is 14.9 Å². The van der Waals surface area contributed by atoms with E-state index in [4.69, 9.17) is 4.74 Å². The smallest absolute Gasteiger partial charge is 0.271 e. The summed E-state index contributed by atoms with van der Waals surface area (Å²) in [5.74, 6) is 2.40. The summed E-state index contributed by atoms with van der Waals surface area (Å²) >= 11 is 0. The van der Waals surface area contributed by atoms with Crippen molar-refractivity contribution in [1.29, 1.82) is 0 Å². The number of fused-ring (bicyclic) bond motifs is 1. The first-order valence-corrected chi connectivity index (χ1v) is 11.1. The number of rotatable bonds is 6. The highest BCUT2D eigenvalue weighted by Crippen LogP contribution is 2.31. The molecule has 1 atom stereocenters. The van der Waals surface area contributed by atoms with E-state index in [9.17, 15) is 9.18 Å². The van der Waals surface area contributed by atoms with E-state index in [1.165, 1.54) is 17.7 Å². The van der Waals surface area contributed by atoms with Gasteiger partial charge in [0.2, 0.25) is 0 Å². The number of nitrogens with one attached hydrogen (secondary N) is 1. The lowest BCUT2D eigenvalue weighted by atomic mass is 9.91. The zero-order chi connectivity index (χ0) is 22.6. The Morgan fingerprint density at radius 2 is 1.73 bits per heavy atom. The van der Waals surface area contributed by atoms with E-state index in [0.717, 1.165) is 42.3 Å². The minimum absolute atomic E-state index is 0.222. The van der Waals surface area contributed by atoms with Crippen molar-refractivity contribution in [3.63, 3.8) is 0 Å². The highest BCUT2D eigenvalue weighted by molar-refractivity contribution is 5.92. The minimum Gasteiger partial charge on any atom is -0.457 e. The van der Waals surface area contributed by atoms with Gasteiger partial charge in [-0.15, -0.1) is 0 Å². The van der Waals surface area contributed by atoms with Crippen LogP contribution in [0.5, 0.6) is 11.5 Å². The van der Waals surface area contributed by atoms with E-state index < -0.39 is 0 Å². The fraction of sp³-hybridized carbons (Fsp3) is 0.185. The average Bonchev–Trinajstić information content (AvgIpc) is 3.28. The molecule has 0 fully saturated rings. The number of carbonyl (C=O) groups is 1. The van der Waals surface area contributed by atoms with Crippen molar-refractivity contribution in [2.75, 3.05) is 0 Å². The molecule has 33 heavy (non-hydrogen) atoms. The van der Waals surface area contributed by atoms with E-state index in [1.807, 2.05) is 48.7 Å². The van der Waals surface area contributed by atoms with Crippen LogP contribution in [0.15, 0.2) is 85.1 Å². The van der Waals surface area contributed by atoms with Gasteiger partial charge in [0.25, 0.3) is 5.91 Å². The van der Waals surface area contributed by atoms with Crippen molar-refractivity contribution < 1.29 is 13.9 Å². The van der Waals surface area contributed by atoms with E-state index in [1.54, 1.807) is 12.1 Å². The molecule has 0 saturated heterocycles. The number of ether oxygens (including phenoxy) is 1. The molecule has 0 radical (unpaired) electrons. The summed E-state index contributed by atoms with van der Waals surface area (Å²) in [6.45, 7) is 1.12. The lowest BCUT2D eigenvalue weighted by Crippen LogP contribution is -2.23. The molecule has 6 heteroatoms. The quantitative estimate of drug-likeness (QED) is 0.431. The van der Waals surface area contributed by atoms with E-state index >= 15 is 0 Å². The Balaban J connectivity index is 1.21. The lowest BCUT2D eigenvalue weighted by molar-refractivity contribution is 0.0946. The molecule has 1 aliphatic rings. The fourth-order valence-corrected chi connectivity index (χ4v) is 4.13. The molecule has 1 aliphatic heterocycles. The number of benzene rings is 3. The fourth-order valence-electron chi connectivity index (χ4n) is 4.13. The highest BCUT2D eigenvalue weighted by atomic mass is 19.1. The van der Waals surface area contributed by atoms with Crippen LogP contribution in [0.2, 0.25) is 0 Å². The van der Waals surface area contributed by atoms with Gasteiger partial charge in [-0.2, -0.15) is 0 Å². The van der Waals surface area contributed by atoms with Crippen LogP contribution in [-0.4, -0.2) is 15.5 Å². The van der Waals surface area contributed by atoms with Gasteiger partial charge in [0, 0.05) is 31.6 Å². The molecule has 0 bridgehead atoms. The summed E-state index contributed by atoms with van der Waals surface area (Å²) in [4.78, 5) is 17.1. The number of aromatic nitrogens is 2. The zero-order valence-electron chi connectivity index (χ0n) is 18.1. The third-order valence-electron chi connectivity index (χ3n) is 5.92. The maximum atomic E-state index is 13.0.